The van der Waals surface area contributed by atoms with Gasteiger partial charge >= 0.3 is 0 Å². The van der Waals surface area contributed by atoms with Crippen molar-refractivity contribution in [1.82, 2.24) is 4.98 Å². The number of hydrogen-bond acceptors (Lipinski definition) is 3. The lowest BCUT2D eigenvalue weighted by molar-refractivity contribution is -0.117. The van der Waals surface area contributed by atoms with Crippen molar-refractivity contribution in [1.29, 1.82) is 0 Å². The van der Waals surface area contributed by atoms with Gasteiger partial charge in [0.1, 0.15) is 0 Å². The van der Waals surface area contributed by atoms with Crippen molar-refractivity contribution in [3.8, 4) is 5.75 Å². The van der Waals surface area contributed by atoms with E-state index in [1.165, 1.54) is 0 Å². The van der Waals surface area contributed by atoms with E-state index >= 15 is 0 Å². The lowest BCUT2D eigenvalue weighted by atomic mass is 10.1. The highest BCUT2D eigenvalue weighted by atomic mass is 35.5. The zero-order valence-electron chi connectivity index (χ0n) is 9.02. The number of halogens is 1. The average Bonchev–Trinajstić information content (AvgIpc) is 2.70. The van der Waals surface area contributed by atoms with Gasteiger partial charge in [0.25, 0.3) is 0 Å². The third-order valence-corrected chi connectivity index (χ3v) is 3.09. The molecule has 0 radical (unpaired) electrons. The predicted molar refractivity (Wildman–Crippen MR) is 62.0 cm³/mol. The molecule has 0 aromatic carbocycles. The number of anilines is 1. The van der Waals surface area contributed by atoms with E-state index in [1.54, 1.807) is 30.3 Å². The molecule has 1 fully saturated rings. The third-order valence-electron chi connectivity index (χ3n) is 2.65. The van der Waals surface area contributed by atoms with Gasteiger partial charge in [-0.3, -0.25) is 9.69 Å². The molecule has 0 bridgehead atoms. The number of pyridine rings is 1. The van der Waals surface area contributed by atoms with Crippen molar-refractivity contribution in [2.45, 2.75) is 6.42 Å². The molecule has 0 N–H and O–H groups in total. The van der Waals surface area contributed by atoms with Crippen molar-refractivity contribution in [2.24, 2.45) is 5.92 Å². The van der Waals surface area contributed by atoms with Crippen LogP contribution in [-0.2, 0) is 4.79 Å². The summed E-state index contributed by atoms with van der Waals surface area (Å²) in [5.74, 6) is 1.97. The Morgan fingerprint density at radius 3 is 3.12 bits per heavy atom. The van der Waals surface area contributed by atoms with E-state index < -0.39 is 0 Å². The highest BCUT2D eigenvalue weighted by molar-refractivity contribution is 6.18. The van der Waals surface area contributed by atoms with Gasteiger partial charge < -0.3 is 4.74 Å². The van der Waals surface area contributed by atoms with E-state index in [9.17, 15) is 4.79 Å². The second kappa shape index (κ2) is 4.70. The fraction of sp³-hybridized carbons (Fsp3) is 0.455. The summed E-state index contributed by atoms with van der Waals surface area (Å²) in [7, 11) is 1.57. The second-order valence-electron chi connectivity index (χ2n) is 3.76. The largest absolute Gasteiger partial charge is 0.493 e. The molecule has 5 heteroatoms. The molecule has 2 rings (SSSR count). The Hall–Kier alpha value is -1.29. The molecule has 0 aliphatic carbocycles. The van der Waals surface area contributed by atoms with E-state index in [0.717, 1.165) is 0 Å². The molecule has 0 spiro atoms. The van der Waals surface area contributed by atoms with Crippen LogP contribution in [0.2, 0.25) is 0 Å². The first-order valence-corrected chi connectivity index (χ1v) is 5.65. The number of alkyl halides is 1. The molecule has 1 aliphatic rings. The van der Waals surface area contributed by atoms with Crippen LogP contribution in [0.3, 0.4) is 0 Å². The lowest BCUT2D eigenvalue weighted by Gasteiger charge is -2.17. The van der Waals surface area contributed by atoms with Crippen molar-refractivity contribution >= 4 is 23.3 Å². The number of ether oxygens (including phenoxy) is 1. The van der Waals surface area contributed by atoms with Gasteiger partial charge in [-0.05, 0) is 18.1 Å². The summed E-state index contributed by atoms with van der Waals surface area (Å²) in [6.45, 7) is 0.621. The summed E-state index contributed by atoms with van der Waals surface area (Å²) in [5, 5.41) is 0. The highest BCUT2D eigenvalue weighted by Gasteiger charge is 2.32. The number of methoxy groups -OCH3 is 1. The van der Waals surface area contributed by atoms with Crippen LogP contribution in [0, 0.1) is 5.92 Å². The van der Waals surface area contributed by atoms with Gasteiger partial charge in [-0.25, -0.2) is 4.98 Å². The molecule has 16 heavy (non-hydrogen) atoms. The molecule has 0 saturated carbocycles. The van der Waals surface area contributed by atoms with Crippen molar-refractivity contribution in [3.63, 3.8) is 0 Å². The summed E-state index contributed by atoms with van der Waals surface area (Å²) in [4.78, 5) is 17.6. The molecule has 4 nitrogen and oxygen atoms in total. The van der Waals surface area contributed by atoms with Gasteiger partial charge in [-0.15, -0.1) is 11.6 Å². The number of carbonyl (C=O) groups excluding carboxylic acids is 1. The number of amides is 1. The van der Waals surface area contributed by atoms with Crippen molar-refractivity contribution in [3.05, 3.63) is 18.3 Å². The standard InChI is InChI=1S/C11H13ClN2O2/c1-16-9-3-2-4-13-11(9)14-7-8(6-12)5-10(14)15/h2-4,8H,5-7H2,1H3. The van der Waals surface area contributed by atoms with E-state index in [0.29, 0.717) is 30.4 Å². The smallest absolute Gasteiger partial charge is 0.228 e. The maximum absolute atomic E-state index is 11.8. The van der Waals surface area contributed by atoms with Gasteiger partial charge in [-0.1, -0.05) is 0 Å². The molecule has 1 aliphatic heterocycles. The molecule has 2 heterocycles. The Morgan fingerprint density at radius 2 is 2.50 bits per heavy atom. The quantitative estimate of drug-likeness (QED) is 0.755. The second-order valence-corrected chi connectivity index (χ2v) is 4.07. The van der Waals surface area contributed by atoms with Gasteiger partial charge in [0, 0.05) is 25.0 Å². The molecular weight excluding hydrogens is 228 g/mol. The Labute approximate surface area is 99.2 Å². The van der Waals surface area contributed by atoms with Crippen molar-refractivity contribution in [2.75, 3.05) is 24.4 Å². The Bertz CT molecular complexity index is 397. The topological polar surface area (TPSA) is 42.4 Å². The zero-order chi connectivity index (χ0) is 11.5. The lowest BCUT2D eigenvalue weighted by Crippen LogP contribution is -2.26. The maximum atomic E-state index is 11.8. The molecule has 1 aromatic heterocycles. The van der Waals surface area contributed by atoms with Crippen LogP contribution < -0.4 is 9.64 Å². The predicted octanol–water partition coefficient (Wildman–Crippen LogP) is 1.68. The summed E-state index contributed by atoms with van der Waals surface area (Å²) in [5.41, 5.74) is 0. The van der Waals surface area contributed by atoms with E-state index in [-0.39, 0.29) is 11.8 Å². The maximum Gasteiger partial charge on any atom is 0.228 e. The van der Waals surface area contributed by atoms with E-state index in [1.807, 2.05) is 0 Å². The zero-order valence-corrected chi connectivity index (χ0v) is 9.78. The highest BCUT2D eigenvalue weighted by Crippen LogP contribution is 2.30. The SMILES string of the molecule is COc1cccnc1N1CC(CCl)CC1=O. The Kier molecular flexibility index (Phi) is 3.29. The number of rotatable bonds is 3. The van der Waals surface area contributed by atoms with Crippen molar-refractivity contribution < 1.29 is 9.53 Å². The van der Waals surface area contributed by atoms with E-state index in [2.05, 4.69) is 4.98 Å². The number of carbonyl (C=O) groups is 1. The summed E-state index contributed by atoms with van der Waals surface area (Å²) in [6.07, 6.45) is 2.14. The minimum atomic E-state index is 0.0580. The fourth-order valence-electron chi connectivity index (χ4n) is 1.83. The minimum absolute atomic E-state index is 0.0580. The Balaban J connectivity index is 2.27. The molecule has 1 saturated heterocycles. The molecule has 1 atom stereocenters. The minimum Gasteiger partial charge on any atom is -0.493 e. The molecule has 1 aromatic rings. The monoisotopic (exact) mass is 240 g/mol. The molecule has 86 valence electrons. The van der Waals surface area contributed by atoms with E-state index in [4.69, 9.17) is 16.3 Å². The summed E-state index contributed by atoms with van der Waals surface area (Å²) < 4.78 is 5.19. The van der Waals surface area contributed by atoms with Gasteiger partial charge in [0.2, 0.25) is 5.91 Å². The van der Waals surface area contributed by atoms with Crippen LogP contribution in [-0.4, -0.2) is 30.4 Å². The van der Waals surface area contributed by atoms with Crippen LogP contribution in [0.25, 0.3) is 0 Å². The van der Waals surface area contributed by atoms with Crippen LogP contribution in [0.4, 0.5) is 5.82 Å². The van der Waals surface area contributed by atoms with Crippen LogP contribution in [0.1, 0.15) is 6.42 Å². The van der Waals surface area contributed by atoms with Crippen LogP contribution >= 0.6 is 11.6 Å². The average molecular weight is 241 g/mol. The van der Waals surface area contributed by atoms with Gasteiger partial charge in [0.05, 0.1) is 7.11 Å². The fourth-order valence-corrected chi connectivity index (χ4v) is 2.04. The summed E-state index contributed by atoms with van der Waals surface area (Å²) >= 11 is 5.77. The Morgan fingerprint density at radius 1 is 1.69 bits per heavy atom. The van der Waals surface area contributed by atoms with Gasteiger partial charge in [0.15, 0.2) is 11.6 Å². The normalized spacial score (nSPS) is 20.2. The molecule has 1 unspecified atom stereocenters. The molecular formula is C11H13ClN2O2. The number of hydrogen-bond donors (Lipinski definition) is 0. The van der Waals surface area contributed by atoms with Gasteiger partial charge in [-0.2, -0.15) is 0 Å². The van der Waals surface area contributed by atoms with Crippen LogP contribution in [0.15, 0.2) is 18.3 Å². The first kappa shape index (κ1) is 11.2. The first-order valence-electron chi connectivity index (χ1n) is 5.11. The number of aromatic nitrogens is 1. The summed E-state index contributed by atoms with van der Waals surface area (Å²) in [6, 6.07) is 3.57. The van der Waals surface area contributed by atoms with Crippen LogP contribution in [0.5, 0.6) is 5.75 Å². The molecule has 1 amide bonds. The first-order chi connectivity index (χ1) is 7.76. The third kappa shape index (κ3) is 1.97. The number of nitrogens with zero attached hydrogens (tertiary/aromatic N) is 2.